The van der Waals surface area contributed by atoms with Crippen LogP contribution in [0.2, 0.25) is 0 Å². The maximum absolute atomic E-state index is 12.2. The standard InChI is InChI=1S/C14H23N3O4S2/c1-13-4-3-5-14(12-13)23(20,21)15-6-7-16-8-10-17(11-9-16)22(2,18)19/h3-5,12,15H,6-11H2,1-2H3. The Balaban J connectivity index is 1.82. The second kappa shape index (κ2) is 7.27. The Bertz CT molecular complexity index is 739. The van der Waals surface area contributed by atoms with Crippen LogP contribution in [0.5, 0.6) is 0 Å². The SMILES string of the molecule is Cc1cccc(S(=O)(=O)NCCN2CCN(S(C)(=O)=O)CC2)c1. The Labute approximate surface area is 138 Å². The van der Waals surface area contributed by atoms with Crippen LogP contribution in [0.1, 0.15) is 5.56 Å². The van der Waals surface area contributed by atoms with Gasteiger partial charge in [-0.15, -0.1) is 0 Å². The molecule has 130 valence electrons. The largest absolute Gasteiger partial charge is 0.299 e. The molecule has 7 nitrogen and oxygen atoms in total. The van der Waals surface area contributed by atoms with E-state index < -0.39 is 20.0 Å². The first kappa shape index (κ1) is 18.3. The predicted molar refractivity (Wildman–Crippen MR) is 89.2 cm³/mol. The Morgan fingerprint density at radius 1 is 1.09 bits per heavy atom. The molecule has 0 radical (unpaired) electrons. The molecule has 1 saturated heterocycles. The van der Waals surface area contributed by atoms with E-state index in [0.717, 1.165) is 5.56 Å². The molecule has 1 aliphatic rings. The summed E-state index contributed by atoms with van der Waals surface area (Å²) in [5.41, 5.74) is 0.893. The van der Waals surface area contributed by atoms with E-state index in [2.05, 4.69) is 9.62 Å². The summed E-state index contributed by atoms with van der Waals surface area (Å²) in [5, 5.41) is 0. The number of piperazine rings is 1. The molecule has 0 amide bonds. The number of nitrogens with one attached hydrogen (secondary N) is 1. The molecule has 1 aliphatic heterocycles. The van der Waals surface area contributed by atoms with Crippen LogP contribution in [0.15, 0.2) is 29.2 Å². The first-order chi connectivity index (χ1) is 10.7. The molecule has 1 aromatic carbocycles. The summed E-state index contributed by atoms with van der Waals surface area (Å²) >= 11 is 0. The van der Waals surface area contributed by atoms with Crippen molar-refractivity contribution in [3.63, 3.8) is 0 Å². The fourth-order valence-corrected chi connectivity index (χ4v) is 4.44. The topological polar surface area (TPSA) is 86.8 Å². The molecule has 1 fully saturated rings. The maximum atomic E-state index is 12.2. The zero-order chi connectivity index (χ0) is 17.1. The van der Waals surface area contributed by atoms with Gasteiger partial charge in [-0.1, -0.05) is 12.1 Å². The van der Waals surface area contributed by atoms with Crippen LogP contribution in [0.25, 0.3) is 0 Å². The van der Waals surface area contributed by atoms with Gasteiger partial charge in [0.2, 0.25) is 20.0 Å². The predicted octanol–water partition coefficient (Wildman–Crippen LogP) is -0.149. The summed E-state index contributed by atoms with van der Waals surface area (Å²) in [5.74, 6) is 0. The number of hydrogen-bond donors (Lipinski definition) is 1. The molecule has 0 unspecified atom stereocenters. The van der Waals surface area contributed by atoms with Gasteiger partial charge in [0.15, 0.2) is 0 Å². The van der Waals surface area contributed by atoms with Crippen molar-refractivity contribution in [2.24, 2.45) is 0 Å². The van der Waals surface area contributed by atoms with Crippen LogP contribution in [-0.2, 0) is 20.0 Å². The summed E-state index contributed by atoms with van der Waals surface area (Å²) in [7, 11) is -6.64. The highest BCUT2D eigenvalue weighted by molar-refractivity contribution is 7.89. The first-order valence-corrected chi connectivity index (χ1v) is 10.8. The van der Waals surface area contributed by atoms with Gasteiger partial charge in [-0.25, -0.2) is 21.6 Å². The molecule has 0 aliphatic carbocycles. The maximum Gasteiger partial charge on any atom is 0.240 e. The Morgan fingerprint density at radius 3 is 2.30 bits per heavy atom. The second-order valence-electron chi connectivity index (χ2n) is 5.72. The summed E-state index contributed by atoms with van der Waals surface area (Å²) in [6.07, 6.45) is 1.21. The lowest BCUT2D eigenvalue weighted by Gasteiger charge is -2.33. The highest BCUT2D eigenvalue weighted by Crippen LogP contribution is 2.10. The van der Waals surface area contributed by atoms with Crippen LogP contribution in [0.4, 0.5) is 0 Å². The van der Waals surface area contributed by atoms with Crippen molar-refractivity contribution in [2.75, 3.05) is 45.5 Å². The Morgan fingerprint density at radius 2 is 1.74 bits per heavy atom. The van der Waals surface area contributed by atoms with Gasteiger partial charge in [-0.2, -0.15) is 4.31 Å². The van der Waals surface area contributed by atoms with Crippen LogP contribution < -0.4 is 4.72 Å². The van der Waals surface area contributed by atoms with Crippen molar-refractivity contribution in [1.82, 2.24) is 13.9 Å². The highest BCUT2D eigenvalue weighted by atomic mass is 32.2. The molecule has 0 spiro atoms. The van der Waals surface area contributed by atoms with Crippen molar-refractivity contribution in [3.05, 3.63) is 29.8 Å². The van der Waals surface area contributed by atoms with Crippen LogP contribution in [-0.4, -0.2) is 71.6 Å². The smallest absolute Gasteiger partial charge is 0.240 e. The molecular formula is C14H23N3O4S2. The molecule has 0 saturated carbocycles. The van der Waals surface area contributed by atoms with Gasteiger partial charge in [0.25, 0.3) is 0 Å². The van der Waals surface area contributed by atoms with Gasteiger partial charge >= 0.3 is 0 Å². The number of nitrogens with zero attached hydrogens (tertiary/aromatic N) is 2. The fourth-order valence-electron chi connectivity index (χ4n) is 2.49. The van der Waals surface area contributed by atoms with Crippen LogP contribution in [0, 0.1) is 6.92 Å². The average molecular weight is 361 g/mol. The lowest BCUT2D eigenvalue weighted by atomic mass is 10.2. The number of aryl methyl sites for hydroxylation is 1. The summed E-state index contributed by atoms with van der Waals surface area (Å²) in [4.78, 5) is 2.32. The minimum atomic E-state index is -3.50. The lowest BCUT2D eigenvalue weighted by molar-refractivity contribution is 0.192. The molecule has 0 aromatic heterocycles. The monoisotopic (exact) mass is 361 g/mol. The van der Waals surface area contributed by atoms with Gasteiger partial charge in [-0.05, 0) is 24.6 Å². The van der Waals surface area contributed by atoms with E-state index in [9.17, 15) is 16.8 Å². The van der Waals surface area contributed by atoms with Gasteiger partial charge in [0, 0.05) is 39.3 Å². The third-order valence-corrected chi connectivity index (χ3v) is 6.58. The third-order valence-electron chi connectivity index (χ3n) is 3.82. The normalized spacial score (nSPS) is 18.2. The zero-order valence-electron chi connectivity index (χ0n) is 13.4. The van der Waals surface area contributed by atoms with E-state index >= 15 is 0 Å². The van der Waals surface area contributed by atoms with Gasteiger partial charge in [0.05, 0.1) is 11.2 Å². The van der Waals surface area contributed by atoms with Crippen LogP contribution in [0.3, 0.4) is 0 Å². The minimum Gasteiger partial charge on any atom is -0.299 e. The van der Waals surface area contributed by atoms with E-state index in [1.165, 1.54) is 10.6 Å². The quantitative estimate of drug-likeness (QED) is 0.761. The number of hydrogen-bond acceptors (Lipinski definition) is 5. The molecule has 1 N–H and O–H groups in total. The molecule has 23 heavy (non-hydrogen) atoms. The second-order valence-corrected chi connectivity index (χ2v) is 9.47. The van der Waals surface area contributed by atoms with Crippen molar-refractivity contribution >= 4 is 20.0 Å². The number of rotatable bonds is 6. The summed E-state index contributed by atoms with van der Waals surface area (Å²) < 4.78 is 51.3. The van der Waals surface area contributed by atoms with Crippen molar-refractivity contribution in [2.45, 2.75) is 11.8 Å². The lowest BCUT2D eigenvalue weighted by Crippen LogP contribution is -2.49. The zero-order valence-corrected chi connectivity index (χ0v) is 15.0. The molecule has 0 atom stereocenters. The highest BCUT2D eigenvalue weighted by Gasteiger charge is 2.23. The Kier molecular flexibility index (Phi) is 5.79. The van der Waals surface area contributed by atoms with E-state index in [-0.39, 0.29) is 4.90 Å². The van der Waals surface area contributed by atoms with Gasteiger partial charge in [-0.3, -0.25) is 4.90 Å². The molecule has 1 heterocycles. The molecule has 9 heteroatoms. The summed E-state index contributed by atoms with van der Waals surface area (Å²) in [6.45, 7) is 4.82. The molecule has 1 aromatic rings. The van der Waals surface area contributed by atoms with Gasteiger partial charge in [0.1, 0.15) is 0 Å². The number of sulfonamides is 2. The van der Waals surface area contributed by atoms with E-state index in [1.807, 2.05) is 13.0 Å². The average Bonchev–Trinajstić information content (AvgIpc) is 2.47. The Hall–Kier alpha value is -1.00. The number of benzene rings is 1. The van der Waals surface area contributed by atoms with Crippen molar-refractivity contribution in [3.8, 4) is 0 Å². The summed E-state index contributed by atoms with van der Waals surface area (Å²) in [6, 6.07) is 6.77. The van der Waals surface area contributed by atoms with E-state index in [4.69, 9.17) is 0 Å². The molecular weight excluding hydrogens is 338 g/mol. The van der Waals surface area contributed by atoms with Gasteiger partial charge < -0.3 is 0 Å². The fraction of sp³-hybridized carbons (Fsp3) is 0.571. The molecule has 0 bridgehead atoms. The van der Waals surface area contributed by atoms with Crippen molar-refractivity contribution in [1.29, 1.82) is 0 Å². The minimum absolute atomic E-state index is 0.263. The third kappa shape index (κ3) is 5.25. The van der Waals surface area contributed by atoms with Crippen molar-refractivity contribution < 1.29 is 16.8 Å². The molecule has 2 rings (SSSR count). The van der Waals surface area contributed by atoms with Crippen LogP contribution >= 0.6 is 0 Å². The van der Waals surface area contributed by atoms with E-state index in [1.54, 1.807) is 18.2 Å². The first-order valence-electron chi connectivity index (χ1n) is 7.42. The van der Waals surface area contributed by atoms with E-state index in [0.29, 0.717) is 39.3 Å².